The highest BCUT2D eigenvalue weighted by Gasteiger charge is 2.26. The van der Waals surface area contributed by atoms with Gasteiger partial charge in [0.05, 0.1) is 19.8 Å². The smallest absolute Gasteiger partial charge is 0.257 e. The van der Waals surface area contributed by atoms with E-state index in [1.54, 1.807) is 32.4 Å². The molecule has 21 heavy (non-hydrogen) atoms. The second-order valence-corrected chi connectivity index (χ2v) is 5.40. The summed E-state index contributed by atoms with van der Waals surface area (Å²) in [6, 6.07) is 5.31. The number of likely N-dealkylation sites (tertiary alicyclic amines) is 1. The third-order valence-electron chi connectivity index (χ3n) is 4.02. The van der Waals surface area contributed by atoms with Gasteiger partial charge in [-0.25, -0.2) is 0 Å². The molecule has 0 spiro atoms. The third-order valence-corrected chi connectivity index (χ3v) is 4.02. The second kappa shape index (κ2) is 7.31. The molecule has 1 aliphatic heterocycles. The van der Waals surface area contributed by atoms with E-state index in [4.69, 9.17) is 15.2 Å². The van der Waals surface area contributed by atoms with Gasteiger partial charge in [-0.1, -0.05) is 0 Å². The summed E-state index contributed by atoms with van der Waals surface area (Å²) in [5, 5.41) is 0. The van der Waals surface area contributed by atoms with Crippen molar-refractivity contribution in [3.8, 4) is 11.5 Å². The first kappa shape index (κ1) is 15.6. The van der Waals surface area contributed by atoms with E-state index in [0.29, 0.717) is 29.5 Å². The molecule has 1 aliphatic rings. The molecule has 0 saturated carbocycles. The van der Waals surface area contributed by atoms with Crippen molar-refractivity contribution < 1.29 is 14.3 Å². The number of nitrogens with zero attached hydrogens (tertiary/aromatic N) is 1. The number of methoxy groups -OCH3 is 2. The van der Waals surface area contributed by atoms with E-state index in [-0.39, 0.29) is 5.91 Å². The summed E-state index contributed by atoms with van der Waals surface area (Å²) >= 11 is 0. The number of piperidine rings is 1. The van der Waals surface area contributed by atoms with Crippen molar-refractivity contribution in [1.29, 1.82) is 0 Å². The molecule has 1 heterocycles. The van der Waals surface area contributed by atoms with Crippen LogP contribution in [0.15, 0.2) is 18.2 Å². The first-order valence-corrected chi connectivity index (χ1v) is 7.41. The van der Waals surface area contributed by atoms with E-state index in [9.17, 15) is 4.79 Å². The highest BCUT2D eigenvalue weighted by molar-refractivity contribution is 5.97. The first-order valence-electron chi connectivity index (χ1n) is 7.41. The normalized spacial score (nSPS) is 18.4. The SMILES string of the molecule is COc1ccc(OC)c(C(=O)N2CCCC(CCN)C2)c1. The Morgan fingerprint density at radius 1 is 1.38 bits per heavy atom. The summed E-state index contributed by atoms with van der Waals surface area (Å²) < 4.78 is 10.5. The maximum Gasteiger partial charge on any atom is 0.257 e. The summed E-state index contributed by atoms with van der Waals surface area (Å²) in [5.41, 5.74) is 6.20. The number of carbonyl (C=O) groups excluding carboxylic acids is 1. The van der Waals surface area contributed by atoms with Gasteiger partial charge < -0.3 is 20.1 Å². The Hall–Kier alpha value is -1.75. The summed E-state index contributed by atoms with van der Waals surface area (Å²) in [6.07, 6.45) is 3.15. The predicted molar refractivity (Wildman–Crippen MR) is 81.8 cm³/mol. The molecular formula is C16H24N2O3. The second-order valence-electron chi connectivity index (χ2n) is 5.40. The number of nitrogens with two attached hydrogens (primary N) is 1. The molecule has 2 rings (SSSR count). The summed E-state index contributed by atoms with van der Waals surface area (Å²) in [7, 11) is 3.17. The van der Waals surface area contributed by atoms with E-state index < -0.39 is 0 Å². The van der Waals surface area contributed by atoms with E-state index in [2.05, 4.69) is 0 Å². The third kappa shape index (κ3) is 3.67. The number of amides is 1. The lowest BCUT2D eigenvalue weighted by atomic mass is 9.94. The molecule has 116 valence electrons. The van der Waals surface area contributed by atoms with Crippen molar-refractivity contribution in [2.24, 2.45) is 11.7 Å². The van der Waals surface area contributed by atoms with E-state index >= 15 is 0 Å². The van der Waals surface area contributed by atoms with Crippen LogP contribution in [-0.2, 0) is 0 Å². The van der Waals surface area contributed by atoms with E-state index in [1.165, 1.54) is 0 Å². The predicted octanol–water partition coefficient (Wildman–Crippen LogP) is 1.90. The Balaban J connectivity index is 2.18. The lowest BCUT2D eigenvalue weighted by Crippen LogP contribution is -2.40. The van der Waals surface area contributed by atoms with Crippen molar-refractivity contribution in [3.05, 3.63) is 23.8 Å². The molecule has 1 fully saturated rings. The van der Waals surface area contributed by atoms with Gasteiger partial charge in [-0.2, -0.15) is 0 Å². The molecule has 1 atom stereocenters. The zero-order valence-corrected chi connectivity index (χ0v) is 12.8. The summed E-state index contributed by atoms with van der Waals surface area (Å²) in [4.78, 5) is 14.7. The maximum absolute atomic E-state index is 12.8. The minimum Gasteiger partial charge on any atom is -0.497 e. The van der Waals surface area contributed by atoms with Crippen LogP contribution < -0.4 is 15.2 Å². The number of rotatable bonds is 5. The van der Waals surface area contributed by atoms with Crippen LogP contribution in [0.5, 0.6) is 11.5 Å². The van der Waals surface area contributed by atoms with Gasteiger partial charge in [-0.3, -0.25) is 4.79 Å². The molecule has 1 unspecified atom stereocenters. The molecule has 0 bridgehead atoms. The van der Waals surface area contributed by atoms with Gasteiger partial charge in [0.15, 0.2) is 0 Å². The van der Waals surface area contributed by atoms with E-state index in [0.717, 1.165) is 32.4 Å². The summed E-state index contributed by atoms with van der Waals surface area (Å²) in [5.74, 6) is 1.76. The van der Waals surface area contributed by atoms with E-state index in [1.807, 2.05) is 4.90 Å². The van der Waals surface area contributed by atoms with Crippen LogP contribution in [0.4, 0.5) is 0 Å². The molecule has 1 aromatic rings. The van der Waals surface area contributed by atoms with Gasteiger partial charge in [0.1, 0.15) is 11.5 Å². The van der Waals surface area contributed by atoms with Crippen molar-refractivity contribution >= 4 is 5.91 Å². The number of benzene rings is 1. The molecule has 0 aromatic heterocycles. The van der Waals surface area contributed by atoms with Crippen molar-refractivity contribution in [1.82, 2.24) is 4.90 Å². The van der Waals surface area contributed by atoms with Crippen LogP contribution in [-0.4, -0.2) is 44.7 Å². The van der Waals surface area contributed by atoms with Crippen molar-refractivity contribution in [2.45, 2.75) is 19.3 Å². The lowest BCUT2D eigenvalue weighted by Gasteiger charge is -2.33. The van der Waals surface area contributed by atoms with Gasteiger partial charge in [0.25, 0.3) is 5.91 Å². The van der Waals surface area contributed by atoms with Crippen molar-refractivity contribution in [2.75, 3.05) is 33.9 Å². The van der Waals surface area contributed by atoms with Gasteiger partial charge in [0, 0.05) is 13.1 Å². The van der Waals surface area contributed by atoms with Crippen LogP contribution in [0.3, 0.4) is 0 Å². The molecule has 5 heteroatoms. The molecule has 2 N–H and O–H groups in total. The Morgan fingerprint density at radius 2 is 2.19 bits per heavy atom. The Labute approximate surface area is 126 Å². The molecule has 0 radical (unpaired) electrons. The standard InChI is InChI=1S/C16H24N2O3/c1-20-13-5-6-15(21-2)14(10-13)16(19)18-9-3-4-12(11-18)7-8-17/h5-6,10,12H,3-4,7-9,11,17H2,1-2H3. The molecule has 1 aromatic carbocycles. The monoisotopic (exact) mass is 292 g/mol. The average molecular weight is 292 g/mol. The first-order chi connectivity index (χ1) is 10.2. The molecule has 1 saturated heterocycles. The van der Waals surface area contributed by atoms with Crippen LogP contribution in [0.2, 0.25) is 0 Å². The topological polar surface area (TPSA) is 64.8 Å². The van der Waals surface area contributed by atoms with Crippen LogP contribution in [0.25, 0.3) is 0 Å². The highest BCUT2D eigenvalue weighted by atomic mass is 16.5. The Kier molecular flexibility index (Phi) is 5.44. The van der Waals surface area contributed by atoms with Crippen LogP contribution >= 0.6 is 0 Å². The van der Waals surface area contributed by atoms with Crippen LogP contribution in [0.1, 0.15) is 29.6 Å². The van der Waals surface area contributed by atoms with Gasteiger partial charge in [-0.05, 0) is 49.9 Å². The fraction of sp³-hybridized carbons (Fsp3) is 0.562. The fourth-order valence-corrected chi connectivity index (χ4v) is 2.87. The van der Waals surface area contributed by atoms with Gasteiger partial charge >= 0.3 is 0 Å². The summed E-state index contributed by atoms with van der Waals surface area (Å²) in [6.45, 7) is 2.24. The quantitative estimate of drug-likeness (QED) is 0.900. The fourth-order valence-electron chi connectivity index (χ4n) is 2.87. The molecular weight excluding hydrogens is 268 g/mol. The highest BCUT2D eigenvalue weighted by Crippen LogP contribution is 2.27. The molecule has 1 amide bonds. The van der Waals surface area contributed by atoms with Gasteiger partial charge in [-0.15, -0.1) is 0 Å². The minimum absolute atomic E-state index is 0.00692. The Bertz CT molecular complexity index is 488. The zero-order valence-electron chi connectivity index (χ0n) is 12.8. The number of ether oxygens (including phenoxy) is 2. The maximum atomic E-state index is 12.8. The largest absolute Gasteiger partial charge is 0.497 e. The molecule has 0 aliphatic carbocycles. The van der Waals surface area contributed by atoms with Crippen LogP contribution in [0, 0.1) is 5.92 Å². The average Bonchev–Trinajstić information content (AvgIpc) is 2.54. The zero-order chi connectivity index (χ0) is 15.2. The number of carbonyl (C=O) groups is 1. The molecule has 5 nitrogen and oxygen atoms in total. The number of hydrogen-bond acceptors (Lipinski definition) is 4. The van der Waals surface area contributed by atoms with Gasteiger partial charge in [0.2, 0.25) is 0 Å². The lowest BCUT2D eigenvalue weighted by molar-refractivity contribution is 0.0666. The van der Waals surface area contributed by atoms with Crippen molar-refractivity contribution in [3.63, 3.8) is 0 Å². The Morgan fingerprint density at radius 3 is 2.86 bits per heavy atom. The number of hydrogen-bond donors (Lipinski definition) is 1. The minimum atomic E-state index is 0.00692.